The highest BCUT2D eigenvalue weighted by atomic mass is 32.1. The predicted molar refractivity (Wildman–Crippen MR) is 157 cm³/mol. The van der Waals surface area contributed by atoms with Crippen LogP contribution in [0, 0.1) is 10.1 Å². The number of benzene rings is 3. The third-order valence-electron chi connectivity index (χ3n) is 7.55. The summed E-state index contributed by atoms with van der Waals surface area (Å²) in [7, 11) is 1.64. The number of aromatic nitrogens is 1. The number of thiazole rings is 1. The van der Waals surface area contributed by atoms with E-state index in [1.165, 1.54) is 29.0 Å². The zero-order valence-electron chi connectivity index (χ0n) is 21.9. The van der Waals surface area contributed by atoms with E-state index in [0.717, 1.165) is 41.0 Å². The molecule has 0 bridgehead atoms. The lowest BCUT2D eigenvalue weighted by Gasteiger charge is -2.31. The number of ether oxygens (including phenoxy) is 1. The van der Waals surface area contributed by atoms with E-state index in [1.54, 1.807) is 42.0 Å². The molecule has 3 heterocycles. The summed E-state index contributed by atoms with van der Waals surface area (Å²) < 4.78 is 13.8. The van der Waals surface area contributed by atoms with Crippen LogP contribution in [0.2, 0.25) is 0 Å². The topological polar surface area (TPSA) is 99.9 Å². The minimum absolute atomic E-state index is 0.0116. The summed E-state index contributed by atoms with van der Waals surface area (Å²) in [6.45, 7) is 0. The van der Waals surface area contributed by atoms with Gasteiger partial charge in [-0.25, -0.2) is 4.99 Å². The van der Waals surface area contributed by atoms with Crippen molar-refractivity contribution in [3.05, 3.63) is 143 Å². The number of nitrogens with zero attached hydrogens (tertiary/aromatic N) is 3. The summed E-state index contributed by atoms with van der Waals surface area (Å²) in [6.07, 6.45) is 3.42. The van der Waals surface area contributed by atoms with Gasteiger partial charge in [-0.2, -0.15) is 0 Å². The molecule has 41 heavy (non-hydrogen) atoms. The molecule has 0 fully saturated rings. The molecule has 9 heteroatoms. The number of hydrogen-bond donors (Lipinski definition) is 0. The zero-order valence-corrected chi connectivity index (χ0v) is 22.8. The number of nitro benzene ring substituents is 1. The number of fused-ring (bicyclic) bond motifs is 3. The lowest BCUT2D eigenvalue weighted by Crippen LogP contribution is -2.38. The van der Waals surface area contributed by atoms with Crippen LogP contribution in [-0.2, 0) is 6.42 Å². The van der Waals surface area contributed by atoms with Crippen LogP contribution in [0.5, 0.6) is 5.75 Å². The molecule has 2 aliphatic rings. The van der Waals surface area contributed by atoms with Gasteiger partial charge in [0.2, 0.25) is 0 Å². The second kappa shape index (κ2) is 9.87. The number of rotatable bonds is 5. The van der Waals surface area contributed by atoms with Gasteiger partial charge in [-0.1, -0.05) is 47.7 Å². The maximum atomic E-state index is 14.0. The molecular formula is C32H23N3O5S. The molecule has 1 atom stereocenters. The molecule has 0 unspecified atom stereocenters. The fraction of sp³-hybridized carbons (Fsp3) is 0.125. The smallest absolute Gasteiger partial charge is 0.271 e. The average Bonchev–Trinajstić information content (AvgIpc) is 3.60. The minimum atomic E-state index is -0.438. The highest BCUT2D eigenvalue weighted by Crippen LogP contribution is 2.41. The second-order valence-corrected chi connectivity index (χ2v) is 10.9. The van der Waals surface area contributed by atoms with Crippen molar-refractivity contribution in [2.75, 3.05) is 7.11 Å². The molecule has 1 aliphatic carbocycles. The lowest BCUT2D eigenvalue weighted by atomic mass is 9.83. The molecule has 5 aromatic rings. The molecule has 0 radical (unpaired) electrons. The number of aryl methyl sites for hydroxylation is 1. The first-order chi connectivity index (χ1) is 20.0. The number of non-ortho nitro benzene ring substituents is 1. The SMILES string of the molecule is COc1cccc([C@H]2C3=C(N=c4s/c(=C/c5ccc(-c6ccc([N+](=O)[O-])cc6)o5)c(=O)n42)c2ccccc2CC3)c1. The first-order valence-corrected chi connectivity index (χ1v) is 13.9. The van der Waals surface area contributed by atoms with Gasteiger partial charge in [-0.05, 0) is 65.9 Å². The number of furan rings is 1. The number of nitro groups is 1. The van der Waals surface area contributed by atoms with Crippen molar-refractivity contribution in [3.8, 4) is 17.1 Å². The maximum Gasteiger partial charge on any atom is 0.271 e. The fourth-order valence-electron chi connectivity index (χ4n) is 5.60. The minimum Gasteiger partial charge on any atom is -0.497 e. The first-order valence-electron chi connectivity index (χ1n) is 13.1. The van der Waals surface area contributed by atoms with Crippen molar-refractivity contribution in [1.29, 1.82) is 0 Å². The van der Waals surface area contributed by atoms with Gasteiger partial charge in [0.05, 0.1) is 28.3 Å². The summed E-state index contributed by atoms with van der Waals surface area (Å²) in [4.78, 5) is 30.2. The van der Waals surface area contributed by atoms with Gasteiger partial charge in [-0.3, -0.25) is 19.5 Å². The Morgan fingerprint density at radius 1 is 1.05 bits per heavy atom. The standard InChI is InChI=1S/C32H23N3O5S/c1-39-23-7-4-6-21(17-23)30-26-15-11-19-5-2-3-8-25(19)29(26)33-32-34(30)31(36)28(41-32)18-24-14-16-27(40-24)20-9-12-22(13-10-20)35(37)38/h2-10,12-14,16-18,30H,11,15H2,1H3/b28-18+/t30-/m0/s1. The highest BCUT2D eigenvalue weighted by molar-refractivity contribution is 7.07. The summed E-state index contributed by atoms with van der Waals surface area (Å²) in [5, 5.41) is 11.0. The lowest BCUT2D eigenvalue weighted by molar-refractivity contribution is -0.384. The Labute approximate surface area is 238 Å². The van der Waals surface area contributed by atoms with Crippen molar-refractivity contribution < 1.29 is 14.1 Å². The Kier molecular flexibility index (Phi) is 6.01. The van der Waals surface area contributed by atoms with E-state index in [4.69, 9.17) is 14.1 Å². The van der Waals surface area contributed by atoms with Crippen molar-refractivity contribution >= 4 is 28.8 Å². The molecule has 0 spiro atoms. The fourth-order valence-corrected chi connectivity index (χ4v) is 6.58. The van der Waals surface area contributed by atoms with Crippen LogP contribution in [0.3, 0.4) is 0 Å². The third-order valence-corrected chi connectivity index (χ3v) is 8.53. The molecule has 7 rings (SSSR count). The second-order valence-electron chi connectivity index (χ2n) is 9.90. The van der Waals surface area contributed by atoms with E-state index in [0.29, 0.717) is 26.4 Å². The van der Waals surface area contributed by atoms with Crippen LogP contribution in [0.1, 0.15) is 34.9 Å². The molecular weight excluding hydrogens is 538 g/mol. The van der Waals surface area contributed by atoms with Crippen molar-refractivity contribution in [1.82, 2.24) is 4.57 Å². The molecule has 3 aromatic carbocycles. The van der Waals surface area contributed by atoms with Crippen molar-refractivity contribution in [2.45, 2.75) is 18.9 Å². The van der Waals surface area contributed by atoms with Crippen LogP contribution in [0.15, 0.2) is 105 Å². The maximum absolute atomic E-state index is 14.0. The third kappa shape index (κ3) is 4.31. The van der Waals surface area contributed by atoms with Gasteiger partial charge in [0.25, 0.3) is 11.2 Å². The molecule has 202 valence electrons. The van der Waals surface area contributed by atoms with E-state index >= 15 is 0 Å². The van der Waals surface area contributed by atoms with Gasteiger partial charge in [0.15, 0.2) is 4.80 Å². The van der Waals surface area contributed by atoms with Crippen LogP contribution < -0.4 is 19.6 Å². The van der Waals surface area contributed by atoms with Gasteiger partial charge in [0.1, 0.15) is 17.3 Å². The van der Waals surface area contributed by atoms with Crippen LogP contribution >= 0.6 is 11.3 Å². The van der Waals surface area contributed by atoms with Gasteiger partial charge >= 0.3 is 0 Å². The molecule has 8 nitrogen and oxygen atoms in total. The van der Waals surface area contributed by atoms with Gasteiger partial charge in [0, 0.05) is 29.3 Å². The van der Waals surface area contributed by atoms with Gasteiger partial charge in [-0.15, -0.1) is 0 Å². The molecule has 0 N–H and O–H groups in total. The van der Waals surface area contributed by atoms with Crippen molar-refractivity contribution in [2.24, 2.45) is 4.99 Å². The first kappa shape index (κ1) is 25.0. The van der Waals surface area contributed by atoms with Crippen molar-refractivity contribution in [3.63, 3.8) is 0 Å². The molecule has 0 saturated heterocycles. The Morgan fingerprint density at radius 2 is 1.88 bits per heavy atom. The van der Waals surface area contributed by atoms with E-state index in [2.05, 4.69) is 18.2 Å². The van der Waals surface area contributed by atoms with E-state index in [-0.39, 0.29) is 17.3 Å². The predicted octanol–water partition coefficient (Wildman–Crippen LogP) is 5.50. The van der Waals surface area contributed by atoms with Crippen LogP contribution in [-0.4, -0.2) is 16.6 Å². The number of methoxy groups -OCH3 is 1. The largest absolute Gasteiger partial charge is 0.497 e. The number of hydrogen-bond acceptors (Lipinski definition) is 7. The molecule has 0 saturated carbocycles. The van der Waals surface area contributed by atoms with Crippen LogP contribution in [0.25, 0.3) is 23.1 Å². The Hall–Kier alpha value is -5.02. The molecule has 0 amide bonds. The molecule has 1 aliphatic heterocycles. The quantitative estimate of drug-likeness (QED) is 0.209. The highest BCUT2D eigenvalue weighted by Gasteiger charge is 2.32. The average molecular weight is 562 g/mol. The summed E-state index contributed by atoms with van der Waals surface area (Å²) in [5.41, 5.74) is 5.97. The Balaban J connectivity index is 1.36. The normalized spacial score (nSPS) is 16.0. The van der Waals surface area contributed by atoms with Gasteiger partial charge < -0.3 is 9.15 Å². The monoisotopic (exact) mass is 561 g/mol. The Morgan fingerprint density at radius 3 is 2.68 bits per heavy atom. The molecule has 2 aromatic heterocycles. The Bertz CT molecular complexity index is 2050. The summed E-state index contributed by atoms with van der Waals surface area (Å²) in [6, 6.07) is 25.6. The van der Waals surface area contributed by atoms with E-state index < -0.39 is 4.92 Å². The van der Waals surface area contributed by atoms with E-state index in [9.17, 15) is 14.9 Å². The summed E-state index contributed by atoms with van der Waals surface area (Å²) in [5.74, 6) is 1.80. The van der Waals surface area contributed by atoms with Crippen LogP contribution in [0.4, 0.5) is 5.69 Å². The summed E-state index contributed by atoms with van der Waals surface area (Å²) >= 11 is 1.33. The number of allylic oxidation sites excluding steroid dienone is 1. The van der Waals surface area contributed by atoms with E-state index in [1.807, 2.05) is 30.3 Å². The zero-order chi connectivity index (χ0) is 28.1.